The van der Waals surface area contributed by atoms with Crippen LogP contribution >= 0.6 is 0 Å². The number of aliphatic hydroxyl groups excluding tert-OH is 2. The molecule has 0 radical (unpaired) electrons. The molecule has 0 aliphatic carbocycles. The van der Waals surface area contributed by atoms with E-state index in [1.165, 1.54) is 308 Å². The molecule has 1 amide bonds. The first-order valence-electron chi connectivity index (χ1n) is 33.0. The zero-order chi connectivity index (χ0) is 52.2. The quantitative estimate of drug-likeness (QED) is 0.0320. The lowest BCUT2D eigenvalue weighted by atomic mass is 10.0. The van der Waals surface area contributed by atoms with Gasteiger partial charge in [0.1, 0.15) is 0 Å². The summed E-state index contributed by atoms with van der Waals surface area (Å²) in [5.41, 5.74) is 0. The van der Waals surface area contributed by atoms with Gasteiger partial charge < -0.3 is 20.3 Å². The number of ether oxygens (including phenoxy) is 1. The SMILES string of the molecule is CCCCCCCCCCCCCCCCCCCCC/C=C/C(O)C(CO)NC(=O)CCCCCCCCCCCCCCCCCCCCCCOC(=O)CCCCCCCCCCCCCCCC. The minimum atomic E-state index is -0.846. The molecule has 0 rings (SSSR count). The van der Waals surface area contributed by atoms with Gasteiger partial charge in [-0.2, -0.15) is 0 Å². The van der Waals surface area contributed by atoms with Crippen LogP contribution in [0, 0.1) is 0 Å². The van der Waals surface area contributed by atoms with Crippen molar-refractivity contribution in [3.8, 4) is 0 Å². The third-order valence-corrected chi connectivity index (χ3v) is 15.6. The second kappa shape index (κ2) is 62.1. The number of esters is 1. The van der Waals surface area contributed by atoms with E-state index in [1.807, 2.05) is 6.08 Å². The lowest BCUT2D eigenvalue weighted by Gasteiger charge is -2.20. The third kappa shape index (κ3) is 57.9. The van der Waals surface area contributed by atoms with Crippen LogP contribution in [0.25, 0.3) is 0 Å². The fraction of sp³-hybridized carbons (Fsp3) is 0.939. The number of amides is 1. The summed E-state index contributed by atoms with van der Waals surface area (Å²) in [5, 5.41) is 23.2. The summed E-state index contributed by atoms with van der Waals surface area (Å²) < 4.78 is 5.49. The van der Waals surface area contributed by atoms with Gasteiger partial charge in [0.05, 0.1) is 25.4 Å². The van der Waals surface area contributed by atoms with Crippen molar-refractivity contribution in [2.45, 2.75) is 386 Å². The van der Waals surface area contributed by atoms with E-state index in [4.69, 9.17) is 4.74 Å². The molecule has 0 aromatic rings. The van der Waals surface area contributed by atoms with Crippen molar-refractivity contribution >= 4 is 11.9 Å². The Morgan fingerprint density at radius 3 is 0.944 bits per heavy atom. The van der Waals surface area contributed by atoms with Crippen LogP contribution in [0.3, 0.4) is 0 Å². The van der Waals surface area contributed by atoms with Crippen LogP contribution in [0.15, 0.2) is 12.2 Å². The van der Waals surface area contributed by atoms with Crippen molar-refractivity contribution in [3.05, 3.63) is 12.2 Å². The van der Waals surface area contributed by atoms with Crippen LogP contribution in [-0.4, -0.2) is 47.4 Å². The lowest BCUT2D eigenvalue weighted by molar-refractivity contribution is -0.143. The van der Waals surface area contributed by atoms with E-state index >= 15 is 0 Å². The molecule has 0 fully saturated rings. The van der Waals surface area contributed by atoms with Crippen molar-refractivity contribution in [2.75, 3.05) is 13.2 Å². The molecule has 6 nitrogen and oxygen atoms in total. The van der Waals surface area contributed by atoms with Crippen molar-refractivity contribution < 1.29 is 24.5 Å². The average molecular weight is 1020 g/mol. The number of carbonyl (C=O) groups excluding carboxylic acids is 2. The molecule has 0 aromatic carbocycles. The van der Waals surface area contributed by atoms with Crippen LogP contribution in [0.4, 0.5) is 0 Å². The lowest BCUT2D eigenvalue weighted by Crippen LogP contribution is -2.45. The van der Waals surface area contributed by atoms with Crippen molar-refractivity contribution in [3.63, 3.8) is 0 Å². The molecule has 428 valence electrons. The second-order valence-corrected chi connectivity index (χ2v) is 22.8. The van der Waals surface area contributed by atoms with Crippen molar-refractivity contribution in [1.29, 1.82) is 0 Å². The molecule has 0 saturated heterocycles. The van der Waals surface area contributed by atoms with Gasteiger partial charge in [0.15, 0.2) is 0 Å². The largest absolute Gasteiger partial charge is 0.466 e. The molecular formula is C66H129NO5. The molecule has 0 bridgehead atoms. The van der Waals surface area contributed by atoms with Crippen LogP contribution in [0.1, 0.15) is 373 Å². The molecule has 0 aromatic heterocycles. The maximum atomic E-state index is 12.5. The zero-order valence-corrected chi connectivity index (χ0v) is 48.9. The van der Waals surface area contributed by atoms with E-state index in [-0.39, 0.29) is 18.5 Å². The standard InChI is InChI=1S/C66H129NO5/c1-3-5-7-9-11-13-15-17-19-20-21-22-25-28-31-34-38-42-46-50-54-58-64(69)63(62-68)67-65(70)59-55-51-47-43-39-35-32-29-26-23-24-27-30-33-37-41-45-49-53-57-61-72-66(71)60-56-52-48-44-40-36-18-16-14-12-10-8-6-4-2/h54,58,63-64,68-69H,3-53,55-57,59-62H2,1-2H3,(H,67,70)/b58-54+. The Morgan fingerprint density at radius 2 is 0.639 bits per heavy atom. The van der Waals surface area contributed by atoms with Crippen molar-refractivity contribution in [1.82, 2.24) is 5.32 Å². The van der Waals surface area contributed by atoms with Gasteiger partial charge in [0.25, 0.3) is 0 Å². The predicted octanol–water partition coefficient (Wildman–Crippen LogP) is 20.8. The number of rotatable bonds is 62. The Balaban J connectivity index is 3.41. The summed E-state index contributed by atoms with van der Waals surface area (Å²) in [6.45, 7) is 4.94. The first kappa shape index (κ1) is 70.6. The van der Waals surface area contributed by atoms with Gasteiger partial charge in [-0.1, -0.05) is 341 Å². The van der Waals surface area contributed by atoms with Gasteiger partial charge in [0, 0.05) is 12.8 Å². The maximum absolute atomic E-state index is 12.5. The van der Waals surface area contributed by atoms with Crippen LogP contribution in [0.5, 0.6) is 0 Å². The summed E-state index contributed by atoms with van der Waals surface area (Å²) in [6, 6.07) is -0.629. The Bertz CT molecular complexity index is 1080. The van der Waals surface area contributed by atoms with E-state index in [0.29, 0.717) is 19.4 Å². The monoisotopic (exact) mass is 1020 g/mol. The normalized spacial score (nSPS) is 12.6. The van der Waals surface area contributed by atoms with Crippen LogP contribution < -0.4 is 5.32 Å². The average Bonchev–Trinajstić information content (AvgIpc) is 3.38. The number of hydrogen-bond acceptors (Lipinski definition) is 5. The fourth-order valence-electron chi connectivity index (χ4n) is 10.5. The second-order valence-electron chi connectivity index (χ2n) is 22.8. The third-order valence-electron chi connectivity index (χ3n) is 15.6. The first-order chi connectivity index (χ1) is 35.5. The molecular weight excluding hydrogens is 887 g/mol. The van der Waals surface area contributed by atoms with Crippen LogP contribution in [-0.2, 0) is 14.3 Å². The van der Waals surface area contributed by atoms with E-state index in [2.05, 4.69) is 19.2 Å². The summed E-state index contributed by atoms with van der Waals surface area (Å²) in [6.07, 6.45) is 75.5. The number of nitrogens with one attached hydrogen (secondary N) is 1. The Hall–Kier alpha value is -1.40. The summed E-state index contributed by atoms with van der Waals surface area (Å²) in [7, 11) is 0. The van der Waals surface area contributed by atoms with Crippen LogP contribution in [0.2, 0.25) is 0 Å². The predicted molar refractivity (Wildman–Crippen MR) is 315 cm³/mol. The summed E-state index contributed by atoms with van der Waals surface area (Å²) in [4.78, 5) is 24.6. The minimum Gasteiger partial charge on any atom is -0.466 e. The Kier molecular flexibility index (Phi) is 60.9. The van der Waals surface area contributed by atoms with Gasteiger partial charge in [0.2, 0.25) is 5.91 Å². The smallest absolute Gasteiger partial charge is 0.305 e. The summed E-state index contributed by atoms with van der Waals surface area (Å²) in [5.74, 6) is -0.0524. The van der Waals surface area contributed by atoms with E-state index in [0.717, 1.165) is 38.5 Å². The molecule has 0 saturated carbocycles. The van der Waals surface area contributed by atoms with Gasteiger partial charge in [-0.3, -0.25) is 9.59 Å². The summed E-state index contributed by atoms with van der Waals surface area (Å²) >= 11 is 0. The molecule has 3 N–H and O–H groups in total. The molecule has 2 atom stereocenters. The van der Waals surface area contributed by atoms with E-state index in [1.54, 1.807) is 6.08 Å². The highest BCUT2D eigenvalue weighted by Crippen LogP contribution is 2.19. The highest BCUT2D eigenvalue weighted by Gasteiger charge is 2.18. The van der Waals surface area contributed by atoms with E-state index < -0.39 is 12.1 Å². The number of allylic oxidation sites excluding steroid dienone is 1. The zero-order valence-electron chi connectivity index (χ0n) is 48.9. The molecule has 0 spiro atoms. The maximum Gasteiger partial charge on any atom is 0.305 e. The molecule has 0 aliphatic rings. The van der Waals surface area contributed by atoms with Gasteiger partial charge in [-0.25, -0.2) is 0 Å². The van der Waals surface area contributed by atoms with Gasteiger partial charge in [-0.05, 0) is 32.1 Å². The Labute approximate surface area is 450 Å². The number of hydrogen-bond donors (Lipinski definition) is 3. The van der Waals surface area contributed by atoms with Gasteiger partial charge in [-0.15, -0.1) is 0 Å². The van der Waals surface area contributed by atoms with Gasteiger partial charge >= 0.3 is 5.97 Å². The van der Waals surface area contributed by atoms with Crippen molar-refractivity contribution in [2.24, 2.45) is 0 Å². The molecule has 72 heavy (non-hydrogen) atoms. The Morgan fingerprint density at radius 1 is 0.375 bits per heavy atom. The van der Waals surface area contributed by atoms with E-state index in [9.17, 15) is 19.8 Å². The number of carbonyl (C=O) groups is 2. The highest BCUT2D eigenvalue weighted by molar-refractivity contribution is 5.76. The molecule has 6 heteroatoms. The topological polar surface area (TPSA) is 95.9 Å². The molecule has 0 aliphatic heterocycles. The molecule has 2 unspecified atom stereocenters. The highest BCUT2D eigenvalue weighted by atomic mass is 16.5. The number of unbranched alkanes of at least 4 members (excludes halogenated alkanes) is 51. The first-order valence-corrected chi connectivity index (χ1v) is 33.0. The number of aliphatic hydroxyl groups is 2. The molecule has 0 heterocycles. The minimum absolute atomic E-state index is 0.0132. The fourth-order valence-corrected chi connectivity index (χ4v) is 10.5.